The van der Waals surface area contributed by atoms with Gasteiger partial charge in [-0.05, 0) is 70.8 Å². The first-order chi connectivity index (χ1) is 34.2. The monoisotopic (exact) mass is 892 g/mol. The maximum Gasteiger partial charge on any atom is 0.113 e. The number of hydrogen-bond acceptors (Lipinski definition) is 8. The van der Waals surface area contributed by atoms with Crippen molar-refractivity contribution >= 4 is 0 Å². The predicted molar refractivity (Wildman–Crippen MR) is 266 cm³/mol. The van der Waals surface area contributed by atoms with Gasteiger partial charge in [0.1, 0.15) is 22.8 Å². The lowest BCUT2D eigenvalue weighted by molar-refractivity contribution is 0.745. The first-order valence-electron chi connectivity index (χ1n) is 22.5. The van der Waals surface area contributed by atoms with E-state index < -0.39 is 5.41 Å². The van der Waals surface area contributed by atoms with Gasteiger partial charge in [0, 0.05) is 22.3 Å². The van der Waals surface area contributed by atoms with E-state index in [9.17, 15) is 0 Å². The van der Waals surface area contributed by atoms with Crippen LogP contribution < -0.4 is 0 Å². The zero-order chi connectivity index (χ0) is 46.0. The van der Waals surface area contributed by atoms with Crippen molar-refractivity contribution in [3.8, 4) is 67.8 Å². The van der Waals surface area contributed by atoms with Crippen LogP contribution in [0.1, 0.15) is 22.3 Å². The minimum atomic E-state index is -0.833. The molecule has 0 bridgehead atoms. The largest absolute Gasteiger partial charge is 0.220 e. The van der Waals surface area contributed by atoms with Crippen molar-refractivity contribution in [2.24, 2.45) is 0 Å². The van der Waals surface area contributed by atoms with Gasteiger partial charge in [-0.25, -0.2) is 18.7 Å². The second-order valence-corrected chi connectivity index (χ2v) is 16.6. The molecule has 12 heteroatoms. The summed E-state index contributed by atoms with van der Waals surface area (Å²) in [6.45, 7) is 0. The first kappa shape index (κ1) is 40.8. The third-order valence-electron chi connectivity index (χ3n) is 12.5. The van der Waals surface area contributed by atoms with E-state index in [2.05, 4.69) is 138 Å². The number of hydrogen-bond donors (Lipinski definition) is 0. The molecule has 12 rings (SSSR count). The highest BCUT2D eigenvalue weighted by Crippen LogP contribution is 2.47. The highest BCUT2D eigenvalue weighted by Gasteiger charge is 2.39. The lowest BCUT2D eigenvalue weighted by Gasteiger charge is -2.37. The molecule has 328 valence electrons. The summed E-state index contributed by atoms with van der Waals surface area (Å²) >= 11 is 0. The number of benzene rings is 8. The summed E-state index contributed by atoms with van der Waals surface area (Å²) < 4.78 is 7.20. The maximum atomic E-state index is 4.58. The molecule has 0 amide bonds. The molecule has 0 aliphatic rings. The Morgan fingerprint density at radius 3 is 0.638 bits per heavy atom. The predicted octanol–water partition coefficient (Wildman–Crippen LogP) is 11.1. The molecule has 0 atom stereocenters. The van der Waals surface area contributed by atoms with Crippen molar-refractivity contribution in [3.63, 3.8) is 0 Å². The zero-order valence-corrected chi connectivity index (χ0v) is 37.0. The summed E-state index contributed by atoms with van der Waals surface area (Å²) in [5.74, 6) is 0. The third-order valence-corrected chi connectivity index (χ3v) is 12.5. The van der Waals surface area contributed by atoms with Crippen molar-refractivity contribution < 1.29 is 0 Å². The van der Waals surface area contributed by atoms with Gasteiger partial charge in [-0.1, -0.05) is 191 Å². The normalized spacial score (nSPS) is 11.5. The molecule has 12 nitrogen and oxygen atoms in total. The van der Waals surface area contributed by atoms with E-state index in [-0.39, 0.29) is 0 Å². The topological polar surface area (TPSA) is 123 Å². The SMILES string of the molecule is c1ccc(-n2cc(-c3ccc(C(c4ccc(-c5cn(-c6ccccc6)nn5)cc4)(c4ccc(-c5cn(-c6ccccc6)nn5)cc4)c4ccc(-c5cn(-c6ccccc6)nn5)cc4)cc3)nn2)cc1. The Morgan fingerprint density at radius 1 is 0.232 bits per heavy atom. The molecule has 8 aromatic carbocycles. The lowest BCUT2D eigenvalue weighted by atomic mass is 9.64. The van der Waals surface area contributed by atoms with Gasteiger partial charge in [-0.15, -0.1) is 20.4 Å². The summed E-state index contributed by atoms with van der Waals surface area (Å²) in [6.07, 6.45) is 7.85. The average Bonchev–Trinajstić information content (AvgIpc) is 4.30. The van der Waals surface area contributed by atoms with E-state index >= 15 is 0 Å². The fraction of sp³-hybridized carbons (Fsp3) is 0.0175. The van der Waals surface area contributed by atoms with Crippen molar-refractivity contribution in [3.05, 3.63) is 265 Å². The average molecular weight is 893 g/mol. The molecule has 4 heterocycles. The number of aromatic nitrogens is 12. The molecular formula is C57H40N12. The van der Waals surface area contributed by atoms with Gasteiger partial charge >= 0.3 is 0 Å². The highest BCUT2D eigenvalue weighted by atomic mass is 15.4. The van der Waals surface area contributed by atoms with Crippen LogP contribution in [0.3, 0.4) is 0 Å². The molecule has 69 heavy (non-hydrogen) atoms. The number of nitrogens with zero attached hydrogens (tertiary/aromatic N) is 12. The Hall–Kier alpha value is -9.68. The van der Waals surface area contributed by atoms with Crippen LogP contribution in [0.25, 0.3) is 67.8 Å². The molecule has 0 aliphatic heterocycles. The van der Waals surface area contributed by atoms with Gasteiger partial charge in [-0.2, -0.15) is 0 Å². The zero-order valence-electron chi connectivity index (χ0n) is 37.0. The Morgan fingerprint density at radius 2 is 0.435 bits per heavy atom. The highest BCUT2D eigenvalue weighted by molar-refractivity contribution is 5.70. The van der Waals surface area contributed by atoms with Crippen LogP contribution in [0.5, 0.6) is 0 Å². The molecule has 12 aromatic rings. The number of rotatable bonds is 12. The molecule has 0 unspecified atom stereocenters. The van der Waals surface area contributed by atoms with Gasteiger partial charge in [0.05, 0.1) is 53.0 Å². The Balaban J connectivity index is 0.997. The fourth-order valence-corrected chi connectivity index (χ4v) is 8.98. The van der Waals surface area contributed by atoms with Crippen molar-refractivity contribution in [2.45, 2.75) is 5.41 Å². The number of para-hydroxylation sites is 4. The summed E-state index contributed by atoms with van der Waals surface area (Å²) in [5, 5.41) is 36.2. The Bertz CT molecular complexity index is 3130. The van der Waals surface area contributed by atoms with Crippen LogP contribution in [0.2, 0.25) is 0 Å². The van der Waals surface area contributed by atoms with Gasteiger partial charge in [-0.3, -0.25) is 0 Å². The van der Waals surface area contributed by atoms with Crippen molar-refractivity contribution in [2.75, 3.05) is 0 Å². The molecule has 0 saturated heterocycles. The van der Waals surface area contributed by atoms with Crippen LogP contribution >= 0.6 is 0 Å². The van der Waals surface area contributed by atoms with Crippen molar-refractivity contribution in [1.82, 2.24) is 60.0 Å². The third kappa shape index (κ3) is 7.77. The van der Waals surface area contributed by atoms with Crippen molar-refractivity contribution in [1.29, 1.82) is 0 Å². The molecule has 0 aliphatic carbocycles. The summed E-state index contributed by atoms with van der Waals surface area (Å²) in [7, 11) is 0. The second-order valence-electron chi connectivity index (χ2n) is 16.6. The van der Waals surface area contributed by atoms with Crippen LogP contribution in [0, 0.1) is 0 Å². The van der Waals surface area contributed by atoms with Gasteiger partial charge < -0.3 is 0 Å². The van der Waals surface area contributed by atoms with E-state index in [1.165, 1.54) is 0 Å². The van der Waals surface area contributed by atoms with Gasteiger partial charge in [0.15, 0.2) is 0 Å². The van der Waals surface area contributed by atoms with Crippen LogP contribution in [-0.4, -0.2) is 60.0 Å². The standard InChI is InChI=1S/C57H40N12/c1-5-13-49(14-6-1)66-37-53(58-62-66)41-21-29-45(30-22-41)57(46-31-23-42(24-32-46)54-38-67(63-59-54)50-15-7-2-8-16-50,47-33-25-43(26-34-47)55-39-68(64-60-55)51-17-9-3-10-18-51)48-35-27-44(28-36-48)56-40-69(65-61-56)52-19-11-4-12-20-52/h1-40H. The summed E-state index contributed by atoms with van der Waals surface area (Å²) in [5.41, 5.74) is 14.0. The Labute approximate surface area is 397 Å². The minimum absolute atomic E-state index is 0.768. The van der Waals surface area contributed by atoms with E-state index in [0.29, 0.717) is 0 Å². The maximum absolute atomic E-state index is 4.58. The quantitative estimate of drug-likeness (QED) is 0.111. The van der Waals surface area contributed by atoms with E-state index in [0.717, 1.165) is 90.0 Å². The van der Waals surface area contributed by atoms with Crippen LogP contribution in [0.4, 0.5) is 0 Å². The second kappa shape index (κ2) is 17.6. The van der Waals surface area contributed by atoms with Gasteiger partial charge in [0.2, 0.25) is 0 Å². The van der Waals surface area contributed by atoms with Crippen LogP contribution in [-0.2, 0) is 5.41 Å². The molecule has 0 saturated carbocycles. The molecule has 4 aromatic heterocycles. The Kier molecular flexibility index (Phi) is 10.4. The molecule has 0 N–H and O–H groups in total. The summed E-state index contributed by atoms with van der Waals surface area (Å²) in [6, 6.07) is 74.7. The van der Waals surface area contributed by atoms with Gasteiger partial charge in [0.25, 0.3) is 0 Å². The smallest absolute Gasteiger partial charge is 0.113 e. The first-order valence-corrected chi connectivity index (χ1v) is 22.5. The van der Waals surface area contributed by atoms with E-state index in [1.807, 2.05) is 146 Å². The van der Waals surface area contributed by atoms with Crippen LogP contribution in [0.15, 0.2) is 243 Å². The van der Waals surface area contributed by atoms with E-state index in [1.54, 1.807) is 18.7 Å². The fourth-order valence-electron chi connectivity index (χ4n) is 8.98. The molecular weight excluding hydrogens is 853 g/mol. The summed E-state index contributed by atoms with van der Waals surface area (Å²) in [4.78, 5) is 0. The lowest BCUT2D eigenvalue weighted by Crippen LogP contribution is -2.31. The molecule has 0 spiro atoms. The van der Waals surface area contributed by atoms with E-state index in [4.69, 9.17) is 0 Å². The minimum Gasteiger partial charge on any atom is -0.220 e. The molecule has 0 radical (unpaired) electrons. The molecule has 0 fully saturated rings.